The van der Waals surface area contributed by atoms with Gasteiger partial charge >= 0.3 is 0 Å². The van der Waals surface area contributed by atoms with Gasteiger partial charge in [-0.25, -0.2) is 0 Å². The Kier molecular flexibility index (Phi) is 5.39. The van der Waals surface area contributed by atoms with Crippen molar-refractivity contribution in [3.63, 3.8) is 0 Å². The molecule has 0 saturated heterocycles. The van der Waals surface area contributed by atoms with Crippen LogP contribution in [0.2, 0.25) is 5.02 Å². The maximum atomic E-state index is 12.1. The normalized spacial score (nSPS) is 9.62. The molecular weight excluding hydrogens is 286 g/mol. The molecule has 0 aliphatic heterocycles. The molecular formula is C17H14ClNO2. The summed E-state index contributed by atoms with van der Waals surface area (Å²) in [5.41, 5.74) is 2.11. The second-order valence-corrected chi connectivity index (χ2v) is 4.69. The van der Waals surface area contributed by atoms with E-state index in [9.17, 15) is 4.79 Å². The van der Waals surface area contributed by atoms with Gasteiger partial charge in [-0.05, 0) is 23.8 Å². The summed E-state index contributed by atoms with van der Waals surface area (Å²) in [4.78, 5) is 12.1. The first kappa shape index (κ1) is 15.1. The molecule has 106 valence electrons. The highest BCUT2D eigenvalue weighted by atomic mass is 35.5. The number of hydrogen-bond acceptors (Lipinski definition) is 2. The summed E-state index contributed by atoms with van der Waals surface area (Å²) in [6, 6.07) is 14.4. The lowest BCUT2D eigenvalue weighted by molar-refractivity contribution is 0.0951. The van der Waals surface area contributed by atoms with Crippen molar-refractivity contribution in [3.05, 3.63) is 70.2 Å². The fraction of sp³-hybridized carbons (Fsp3) is 0.118. The van der Waals surface area contributed by atoms with Gasteiger partial charge in [-0.3, -0.25) is 4.79 Å². The molecule has 0 unspecified atom stereocenters. The van der Waals surface area contributed by atoms with Gasteiger partial charge in [0.05, 0.1) is 10.6 Å². The Balaban J connectivity index is 2.10. The van der Waals surface area contributed by atoms with Gasteiger partial charge in [0.1, 0.15) is 6.61 Å². The maximum absolute atomic E-state index is 12.1. The topological polar surface area (TPSA) is 49.3 Å². The van der Waals surface area contributed by atoms with Crippen LogP contribution in [0, 0.1) is 11.8 Å². The van der Waals surface area contributed by atoms with Gasteiger partial charge in [-0.15, -0.1) is 0 Å². The predicted molar refractivity (Wildman–Crippen MR) is 83.0 cm³/mol. The van der Waals surface area contributed by atoms with Crippen molar-refractivity contribution in [1.29, 1.82) is 0 Å². The third kappa shape index (κ3) is 4.09. The summed E-state index contributed by atoms with van der Waals surface area (Å²) in [7, 11) is 0. The zero-order valence-electron chi connectivity index (χ0n) is 11.3. The van der Waals surface area contributed by atoms with Gasteiger partial charge in [0.25, 0.3) is 5.91 Å². The average molecular weight is 300 g/mol. The standard InChI is InChI=1S/C17H14ClNO2/c18-16-10-4-3-9-15(16)17(21)19-12-14-7-2-1-6-13(14)8-5-11-20/h1-4,6-7,9-10,20H,11-12H2,(H,19,21). The highest BCUT2D eigenvalue weighted by molar-refractivity contribution is 6.33. The molecule has 2 aromatic carbocycles. The Morgan fingerprint density at radius 1 is 1.14 bits per heavy atom. The van der Waals surface area contributed by atoms with E-state index in [2.05, 4.69) is 17.2 Å². The summed E-state index contributed by atoms with van der Waals surface area (Å²) in [5.74, 6) is 5.23. The number of benzene rings is 2. The highest BCUT2D eigenvalue weighted by Crippen LogP contribution is 2.15. The lowest BCUT2D eigenvalue weighted by atomic mass is 10.1. The van der Waals surface area contributed by atoms with E-state index >= 15 is 0 Å². The maximum Gasteiger partial charge on any atom is 0.253 e. The van der Waals surface area contributed by atoms with Crippen molar-refractivity contribution < 1.29 is 9.90 Å². The zero-order valence-corrected chi connectivity index (χ0v) is 12.0. The smallest absolute Gasteiger partial charge is 0.253 e. The van der Waals surface area contributed by atoms with Crippen molar-refractivity contribution in [2.45, 2.75) is 6.54 Å². The van der Waals surface area contributed by atoms with Crippen LogP contribution in [0.3, 0.4) is 0 Å². The molecule has 0 spiro atoms. The molecule has 0 radical (unpaired) electrons. The second kappa shape index (κ2) is 7.49. The highest BCUT2D eigenvalue weighted by Gasteiger charge is 2.09. The quantitative estimate of drug-likeness (QED) is 0.856. The zero-order chi connectivity index (χ0) is 15.1. The monoisotopic (exact) mass is 299 g/mol. The molecule has 0 aliphatic rings. The molecule has 0 atom stereocenters. The number of carbonyl (C=O) groups excluding carboxylic acids is 1. The third-order valence-corrected chi connectivity index (χ3v) is 3.21. The molecule has 21 heavy (non-hydrogen) atoms. The molecule has 2 aromatic rings. The Morgan fingerprint density at radius 3 is 2.62 bits per heavy atom. The molecule has 0 aliphatic carbocycles. The SMILES string of the molecule is O=C(NCc1ccccc1C#CCO)c1ccccc1Cl. The van der Waals surface area contributed by atoms with E-state index in [4.69, 9.17) is 16.7 Å². The van der Waals surface area contributed by atoms with E-state index < -0.39 is 0 Å². The summed E-state index contributed by atoms with van der Waals surface area (Å²) in [5, 5.41) is 12.0. The Labute approximate surface area is 128 Å². The van der Waals surface area contributed by atoms with Crippen molar-refractivity contribution in [2.24, 2.45) is 0 Å². The van der Waals surface area contributed by atoms with Gasteiger partial charge in [-0.2, -0.15) is 0 Å². The van der Waals surface area contributed by atoms with Gasteiger partial charge < -0.3 is 10.4 Å². The van der Waals surface area contributed by atoms with Crippen molar-refractivity contribution in [1.82, 2.24) is 5.32 Å². The largest absolute Gasteiger partial charge is 0.384 e. The van der Waals surface area contributed by atoms with Crippen LogP contribution in [0.5, 0.6) is 0 Å². The molecule has 0 aromatic heterocycles. The fourth-order valence-electron chi connectivity index (χ4n) is 1.85. The molecule has 0 saturated carbocycles. The minimum atomic E-state index is -0.231. The first-order chi connectivity index (χ1) is 10.2. The summed E-state index contributed by atoms with van der Waals surface area (Å²) in [6.45, 7) is 0.153. The van der Waals surface area contributed by atoms with Crippen LogP contribution in [0.15, 0.2) is 48.5 Å². The van der Waals surface area contributed by atoms with Crippen molar-refractivity contribution in [2.75, 3.05) is 6.61 Å². The van der Waals surface area contributed by atoms with Crippen molar-refractivity contribution >= 4 is 17.5 Å². The van der Waals surface area contributed by atoms with Crippen LogP contribution in [0.4, 0.5) is 0 Å². The predicted octanol–water partition coefficient (Wildman–Crippen LogP) is 2.61. The molecule has 0 heterocycles. The van der Waals surface area contributed by atoms with Gasteiger partial charge in [-0.1, -0.05) is 53.8 Å². The molecule has 2 N–H and O–H groups in total. The number of carbonyl (C=O) groups is 1. The van der Waals surface area contributed by atoms with Crippen LogP contribution < -0.4 is 5.32 Å². The fourth-order valence-corrected chi connectivity index (χ4v) is 2.07. The van der Waals surface area contributed by atoms with E-state index in [-0.39, 0.29) is 12.5 Å². The number of nitrogens with one attached hydrogen (secondary N) is 1. The minimum absolute atomic E-state index is 0.194. The number of rotatable bonds is 3. The summed E-state index contributed by atoms with van der Waals surface area (Å²) < 4.78 is 0. The summed E-state index contributed by atoms with van der Waals surface area (Å²) >= 11 is 5.99. The second-order valence-electron chi connectivity index (χ2n) is 4.28. The van der Waals surface area contributed by atoms with E-state index in [1.165, 1.54) is 0 Å². The molecule has 3 nitrogen and oxygen atoms in total. The van der Waals surface area contributed by atoms with Crippen LogP contribution in [-0.2, 0) is 6.54 Å². The first-order valence-electron chi connectivity index (χ1n) is 6.42. The first-order valence-corrected chi connectivity index (χ1v) is 6.80. The molecule has 2 rings (SSSR count). The molecule has 4 heteroatoms. The minimum Gasteiger partial charge on any atom is -0.384 e. The number of aliphatic hydroxyl groups excluding tert-OH is 1. The van der Waals surface area contributed by atoms with Crippen LogP contribution in [-0.4, -0.2) is 17.6 Å². The lowest BCUT2D eigenvalue weighted by Crippen LogP contribution is -2.23. The van der Waals surface area contributed by atoms with Crippen LogP contribution in [0.25, 0.3) is 0 Å². The van der Waals surface area contributed by atoms with Gasteiger partial charge in [0, 0.05) is 12.1 Å². The molecule has 1 amide bonds. The van der Waals surface area contributed by atoms with Crippen LogP contribution >= 0.6 is 11.6 Å². The van der Waals surface area contributed by atoms with E-state index in [1.807, 2.05) is 24.3 Å². The number of hydrogen-bond donors (Lipinski definition) is 2. The van der Waals surface area contributed by atoms with Crippen LogP contribution in [0.1, 0.15) is 21.5 Å². The number of halogens is 1. The molecule has 0 bridgehead atoms. The molecule has 0 fully saturated rings. The van der Waals surface area contributed by atoms with Crippen molar-refractivity contribution in [3.8, 4) is 11.8 Å². The Hall–Kier alpha value is -2.28. The number of amides is 1. The van der Waals surface area contributed by atoms with E-state index in [0.29, 0.717) is 17.1 Å². The number of aliphatic hydroxyl groups is 1. The van der Waals surface area contributed by atoms with E-state index in [1.54, 1.807) is 24.3 Å². The Morgan fingerprint density at radius 2 is 1.86 bits per heavy atom. The van der Waals surface area contributed by atoms with Gasteiger partial charge in [0.15, 0.2) is 0 Å². The van der Waals surface area contributed by atoms with Gasteiger partial charge in [0.2, 0.25) is 0 Å². The third-order valence-electron chi connectivity index (χ3n) is 2.88. The van der Waals surface area contributed by atoms with E-state index in [0.717, 1.165) is 11.1 Å². The summed E-state index contributed by atoms with van der Waals surface area (Å²) in [6.07, 6.45) is 0. The lowest BCUT2D eigenvalue weighted by Gasteiger charge is -2.08. The Bertz CT molecular complexity index is 701. The average Bonchev–Trinajstić information content (AvgIpc) is 2.52.